The largest absolute Gasteiger partial charge is 0.283 e. The topological polar surface area (TPSA) is 47.8 Å². The zero-order valence-electron chi connectivity index (χ0n) is 14.0. The number of hydrogen-bond acceptors (Lipinski definition) is 5. The first-order valence-electron chi connectivity index (χ1n) is 7.87. The van der Waals surface area contributed by atoms with Gasteiger partial charge < -0.3 is 0 Å². The second kappa shape index (κ2) is 7.72. The number of allylic oxidation sites excluding steroid dienone is 1. The van der Waals surface area contributed by atoms with Gasteiger partial charge in [-0.1, -0.05) is 43.3 Å². The first kappa shape index (κ1) is 18.2. The average molecular weight is 392 g/mol. The van der Waals surface area contributed by atoms with Gasteiger partial charge in [-0.25, -0.2) is 9.97 Å². The highest BCUT2D eigenvalue weighted by Gasteiger charge is 2.13. The van der Waals surface area contributed by atoms with E-state index in [0.717, 1.165) is 10.7 Å². The van der Waals surface area contributed by atoms with Crippen LogP contribution in [0.3, 0.4) is 0 Å². The molecule has 2 heterocycles. The maximum absolute atomic E-state index is 12.8. The average Bonchev–Trinajstić information content (AvgIpc) is 3.06. The van der Waals surface area contributed by atoms with Gasteiger partial charge in [-0.2, -0.15) is 0 Å². The standard InChI is InChI=1S/C18H18ClN3OS2/c1-4-7-22-17(23)14-8-12(19)5-6-15(14)21-18(22)25-10-13-9-24-16(20-13)11(2)3/h4-6,8-9,11H,1,7,10H2,2-3H3. The van der Waals surface area contributed by atoms with E-state index in [1.165, 1.54) is 11.8 Å². The molecule has 3 aromatic rings. The highest BCUT2D eigenvalue weighted by molar-refractivity contribution is 7.98. The Labute approximate surface area is 159 Å². The van der Waals surface area contributed by atoms with Gasteiger partial charge in [0.05, 0.1) is 21.6 Å². The molecular formula is C18H18ClN3OS2. The van der Waals surface area contributed by atoms with Crippen molar-refractivity contribution in [2.45, 2.75) is 37.2 Å². The Morgan fingerprint density at radius 3 is 2.88 bits per heavy atom. The summed E-state index contributed by atoms with van der Waals surface area (Å²) in [5, 5.41) is 4.91. The summed E-state index contributed by atoms with van der Waals surface area (Å²) in [6, 6.07) is 5.19. The van der Waals surface area contributed by atoms with Crippen molar-refractivity contribution in [3.63, 3.8) is 0 Å². The maximum Gasteiger partial charge on any atom is 0.262 e. The van der Waals surface area contributed by atoms with Crippen molar-refractivity contribution in [2.75, 3.05) is 0 Å². The minimum atomic E-state index is -0.101. The van der Waals surface area contributed by atoms with E-state index < -0.39 is 0 Å². The van der Waals surface area contributed by atoms with E-state index in [1.807, 2.05) is 0 Å². The van der Waals surface area contributed by atoms with Gasteiger partial charge in [0.1, 0.15) is 0 Å². The number of thiazole rings is 1. The minimum absolute atomic E-state index is 0.101. The molecule has 3 rings (SSSR count). The number of benzene rings is 1. The molecule has 7 heteroatoms. The minimum Gasteiger partial charge on any atom is -0.283 e. The first-order chi connectivity index (χ1) is 12.0. The van der Waals surface area contributed by atoms with E-state index >= 15 is 0 Å². The van der Waals surface area contributed by atoms with Gasteiger partial charge in [-0.15, -0.1) is 17.9 Å². The molecule has 0 saturated carbocycles. The number of thioether (sulfide) groups is 1. The molecule has 0 aliphatic carbocycles. The number of aromatic nitrogens is 3. The SMILES string of the molecule is C=CCn1c(SCc2csc(C(C)C)n2)nc2ccc(Cl)cc2c1=O. The lowest BCUT2D eigenvalue weighted by atomic mass is 10.2. The number of fused-ring (bicyclic) bond motifs is 1. The lowest BCUT2D eigenvalue weighted by molar-refractivity contribution is 0.671. The molecule has 0 fully saturated rings. The van der Waals surface area contributed by atoms with Crippen LogP contribution < -0.4 is 5.56 Å². The van der Waals surface area contributed by atoms with E-state index in [2.05, 4.69) is 35.8 Å². The number of halogens is 1. The molecular weight excluding hydrogens is 374 g/mol. The van der Waals surface area contributed by atoms with Crippen LogP contribution in [0.2, 0.25) is 5.02 Å². The lowest BCUT2D eigenvalue weighted by Crippen LogP contribution is -2.22. The summed E-state index contributed by atoms with van der Waals surface area (Å²) in [5.74, 6) is 1.09. The molecule has 0 unspecified atom stereocenters. The lowest BCUT2D eigenvalue weighted by Gasteiger charge is -2.11. The molecule has 0 aliphatic rings. The van der Waals surface area contributed by atoms with Crippen molar-refractivity contribution in [2.24, 2.45) is 0 Å². The maximum atomic E-state index is 12.8. The van der Waals surface area contributed by atoms with Gasteiger partial charge in [0.25, 0.3) is 5.56 Å². The molecule has 0 saturated heterocycles. The Bertz CT molecular complexity index is 978. The highest BCUT2D eigenvalue weighted by Crippen LogP contribution is 2.26. The fraction of sp³-hybridized carbons (Fsp3) is 0.278. The number of hydrogen-bond donors (Lipinski definition) is 0. The van der Waals surface area contributed by atoms with E-state index in [0.29, 0.717) is 39.3 Å². The van der Waals surface area contributed by atoms with Crippen LogP contribution in [0, 0.1) is 0 Å². The predicted octanol–water partition coefficient (Wildman–Crippen LogP) is 5.11. The summed E-state index contributed by atoms with van der Waals surface area (Å²) in [4.78, 5) is 22.1. The third-order valence-electron chi connectivity index (χ3n) is 3.61. The monoisotopic (exact) mass is 391 g/mol. The zero-order valence-corrected chi connectivity index (χ0v) is 16.4. The van der Waals surface area contributed by atoms with Crippen molar-refractivity contribution in [3.8, 4) is 0 Å². The Balaban J connectivity index is 1.96. The number of rotatable bonds is 6. The van der Waals surface area contributed by atoms with Crippen LogP contribution >= 0.6 is 34.7 Å². The van der Waals surface area contributed by atoms with Gasteiger partial charge in [0.15, 0.2) is 5.16 Å². The summed E-state index contributed by atoms with van der Waals surface area (Å²) in [6.45, 7) is 8.42. The Morgan fingerprint density at radius 1 is 1.40 bits per heavy atom. The number of nitrogens with zero attached hydrogens (tertiary/aromatic N) is 3. The normalized spacial score (nSPS) is 11.4. The van der Waals surface area contributed by atoms with Gasteiger partial charge >= 0.3 is 0 Å². The van der Waals surface area contributed by atoms with Crippen LogP contribution in [-0.2, 0) is 12.3 Å². The van der Waals surface area contributed by atoms with Gasteiger partial charge in [0.2, 0.25) is 0 Å². The predicted molar refractivity (Wildman–Crippen MR) is 107 cm³/mol. The molecule has 0 bridgehead atoms. The second-order valence-electron chi connectivity index (χ2n) is 5.88. The molecule has 2 aromatic heterocycles. The zero-order chi connectivity index (χ0) is 18.0. The first-order valence-corrected chi connectivity index (χ1v) is 10.1. The third kappa shape index (κ3) is 3.97. The van der Waals surface area contributed by atoms with E-state index in [4.69, 9.17) is 11.6 Å². The van der Waals surface area contributed by atoms with Crippen molar-refractivity contribution in [1.29, 1.82) is 0 Å². The summed E-state index contributed by atoms with van der Waals surface area (Å²) in [7, 11) is 0. The fourth-order valence-electron chi connectivity index (χ4n) is 2.37. The van der Waals surface area contributed by atoms with Crippen LogP contribution in [0.4, 0.5) is 0 Å². The summed E-state index contributed by atoms with van der Waals surface area (Å²) < 4.78 is 1.63. The molecule has 0 amide bonds. The smallest absolute Gasteiger partial charge is 0.262 e. The molecule has 0 radical (unpaired) electrons. The molecule has 1 aromatic carbocycles. The summed E-state index contributed by atoms with van der Waals surface area (Å²) in [5.41, 5.74) is 1.56. The van der Waals surface area contributed by atoms with Crippen LogP contribution in [0.25, 0.3) is 10.9 Å². The second-order valence-corrected chi connectivity index (χ2v) is 8.15. The Morgan fingerprint density at radius 2 is 2.20 bits per heavy atom. The third-order valence-corrected chi connectivity index (χ3v) is 6.04. The van der Waals surface area contributed by atoms with E-state index in [9.17, 15) is 4.79 Å². The quantitative estimate of drug-likeness (QED) is 0.333. The molecule has 0 aliphatic heterocycles. The summed E-state index contributed by atoms with van der Waals surface area (Å²) in [6.07, 6.45) is 1.70. The van der Waals surface area contributed by atoms with Gasteiger partial charge in [0, 0.05) is 28.6 Å². The van der Waals surface area contributed by atoms with E-state index in [-0.39, 0.29) is 5.56 Å². The molecule has 25 heavy (non-hydrogen) atoms. The van der Waals surface area contributed by atoms with E-state index in [1.54, 1.807) is 40.2 Å². The Hall–Kier alpha value is -1.63. The van der Waals surface area contributed by atoms with Crippen molar-refractivity contribution < 1.29 is 0 Å². The fourth-order valence-corrected chi connectivity index (χ4v) is 4.38. The Kier molecular flexibility index (Phi) is 5.61. The highest BCUT2D eigenvalue weighted by atomic mass is 35.5. The molecule has 0 spiro atoms. The van der Waals surface area contributed by atoms with Crippen molar-refractivity contribution >= 4 is 45.6 Å². The van der Waals surface area contributed by atoms with Gasteiger partial charge in [-0.05, 0) is 18.2 Å². The van der Waals surface area contributed by atoms with Crippen LogP contribution in [0.1, 0.15) is 30.5 Å². The van der Waals surface area contributed by atoms with Gasteiger partial charge in [-0.3, -0.25) is 9.36 Å². The molecule has 0 N–H and O–H groups in total. The van der Waals surface area contributed by atoms with Crippen LogP contribution in [0.5, 0.6) is 0 Å². The molecule has 4 nitrogen and oxygen atoms in total. The van der Waals surface area contributed by atoms with Crippen molar-refractivity contribution in [1.82, 2.24) is 14.5 Å². The van der Waals surface area contributed by atoms with Crippen LogP contribution in [0.15, 0.2) is 46.2 Å². The molecule has 130 valence electrons. The van der Waals surface area contributed by atoms with Crippen LogP contribution in [-0.4, -0.2) is 14.5 Å². The molecule has 0 atom stereocenters. The van der Waals surface area contributed by atoms with Crippen molar-refractivity contribution in [3.05, 3.63) is 62.3 Å². The summed E-state index contributed by atoms with van der Waals surface area (Å²) >= 11 is 9.20.